The molecule has 3 unspecified atom stereocenters. The van der Waals surface area contributed by atoms with Gasteiger partial charge < -0.3 is 9.47 Å². The molecular formula is C14H20O4. The fraction of sp³-hybridized carbons (Fsp3) is 0.714. The quantitative estimate of drug-likeness (QED) is 0.568. The molecule has 0 radical (unpaired) electrons. The van der Waals surface area contributed by atoms with Crippen LogP contribution in [0.2, 0.25) is 0 Å². The van der Waals surface area contributed by atoms with Gasteiger partial charge in [-0.1, -0.05) is 12.2 Å². The van der Waals surface area contributed by atoms with E-state index in [4.69, 9.17) is 9.47 Å². The molecule has 2 aliphatic rings. The molecule has 0 aliphatic heterocycles. The summed E-state index contributed by atoms with van der Waals surface area (Å²) in [5, 5.41) is 0. The van der Waals surface area contributed by atoms with E-state index in [2.05, 4.69) is 12.2 Å². The van der Waals surface area contributed by atoms with Crippen LogP contribution in [0, 0.1) is 17.3 Å². The summed E-state index contributed by atoms with van der Waals surface area (Å²) in [4.78, 5) is 23.9. The Morgan fingerprint density at radius 1 is 1.39 bits per heavy atom. The first-order chi connectivity index (χ1) is 8.48. The summed E-state index contributed by atoms with van der Waals surface area (Å²) in [6.45, 7) is 3.65. The third-order valence-electron chi connectivity index (χ3n) is 3.95. The Morgan fingerprint density at radius 2 is 2.11 bits per heavy atom. The molecule has 4 heteroatoms. The van der Waals surface area contributed by atoms with Gasteiger partial charge in [0.1, 0.15) is 0 Å². The fourth-order valence-corrected chi connectivity index (χ4v) is 3.13. The van der Waals surface area contributed by atoms with E-state index in [1.54, 1.807) is 0 Å². The number of carbonyl (C=O) groups excluding carboxylic acids is 2. The Labute approximate surface area is 107 Å². The topological polar surface area (TPSA) is 52.6 Å². The Hall–Kier alpha value is -1.32. The maximum atomic E-state index is 12.4. The zero-order valence-corrected chi connectivity index (χ0v) is 11.1. The molecule has 2 rings (SSSR count). The molecule has 4 nitrogen and oxygen atoms in total. The highest BCUT2D eigenvalue weighted by atomic mass is 16.5. The van der Waals surface area contributed by atoms with Crippen molar-refractivity contribution in [2.45, 2.75) is 39.2 Å². The lowest BCUT2D eigenvalue weighted by atomic mass is 9.73. The van der Waals surface area contributed by atoms with Crippen LogP contribution in [0.5, 0.6) is 0 Å². The van der Waals surface area contributed by atoms with E-state index in [0.717, 1.165) is 6.42 Å². The Morgan fingerprint density at radius 3 is 2.56 bits per heavy atom. The van der Waals surface area contributed by atoms with Crippen molar-refractivity contribution in [3.8, 4) is 0 Å². The van der Waals surface area contributed by atoms with Crippen LogP contribution in [0.15, 0.2) is 12.2 Å². The molecular weight excluding hydrogens is 232 g/mol. The first-order valence-electron chi connectivity index (χ1n) is 6.44. The van der Waals surface area contributed by atoms with E-state index < -0.39 is 5.41 Å². The lowest BCUT2D eigenvalue weighted by Crippen LogP contribution is -2.40. The van der Waals surface area contributed by atoms with Gasteiger partial charge in [0, 0.05) is 0 Å². The maximum Gasteiger partial charge on any atom is 0.313 e. The minimum atomic E-state index is -0.698. The highest BCUT2D eigenvalue weighted by Crippen LogP contribution is 2.55. The molecule has 0 heterocycles. The molecule has 0 aromatic heterocycles. The summed E-state index contributed by atoms with van der Waals surface area (Å²) in [6, 6.07) is 0. The fourth-order valence-electron chi connectivity index (χ4n) is 3.13. The molecule has 100 valence electrons. The van der Waals surface area contributed by atoms with E-state index in [-0.39, 0.29) is 30.4 Å². The first-order valence-corrected chi connectivity index (χ1v) is 6.44. The zero-order chi connectivity index (χ0) is 13.3. The molecule has 0 spiro atoms. The van der Waals surface area contributed by atoms with Crippen LogP contribution in [0.4, 0.5) is 0 Å². The third-order valence-corrected chi connectivity index (χ3v) is 3.95. The Kier molecular flexibility index (Phi) is 3.46. The molecule has 2 aliphatic carbocycles. The number of rotatable bonds is 4. The van der Waals surface area contributed by atoms with E-state index in [0.29, 0.717) is 12.3 Å². The van der Waals surface area contributed by atoms with Crippen molar-refractivity contribution in [3.63, 3.8) is 0 Å². The molecule has 1 saturated carbocycles. The number of fused-ring (bicyclic) bond motifs is 2. The lowest BCUT2D eigenvalue weighted by molar-refractivity contribution is -0.167. The number of ether oxygens (including phenoxy) is 2. The Balaban J connectivity index is 2.21. The van der Waals surface area contributed by atoms with Gasteiger partial charge in [-0.05, 0) is 38.5 Å². The monoisotopic (exact) mass is 252 g/mol. The minimum absolute atomic E-state index is 0.118. The summed E-state index contributed by atoms with van der Waals surface area (Å²) in [5.41, 5.74) is -0.698. The Bertz CT molecular complexity index is 385. The van der Waals surface area contributed by atoms with E-state index >= 15 is 0 Å². The second kappa shape index (κ2) is 4.75. The van der Waals surface area contributed by atoms with Gasteiger partial charge >= 0.3 is 11.9 Å². The van der Waals surface area contributed by atoms with E-state index in [1.807, 2.05) is 13.8 Å². The van der Waals surface area contributed by atoms with Gasteiger partial charge in [0.2, 0.25) is 0 Å². The minimum Gasteiger partial charge on any atom is -0.469 e. The van der Waals surface area contributed by atoms with Crippen molar-refractivity contribution < 1.29 is 19.1 Å². The van der Waals surface area contributed by atoms with Crippen LogP contribution < -0.4 is 0 Å². The number of hydrogen-bond acceptors (Lipinski definition) is 4. The van der Waals surface area contributed by atoms with Crippen LogP contribution in [0.25, 0.3) is 0 Å². The van der Waals surface area contributed by atoms with Crippen LogP contribution in [0.3, 0.4) is 0 Å². The number of carbonyl (C=O) groups is 2. The maximum absolute atomic E-state index is 12.4. The summed E-state index contributed by atoms with van der Waals surface area (Å²) < 4.78 is 10.1. The van der Waals surface area contributed by atoms with Gasteiger partial charge in [-0.15, -0.1) is 0 Å². The summed E-state index contributed by atoms with van der Waals surface area (Å²) in [7, 11) is 1.35. The molecule has 0 N–H and O–H groups in total. The van der Waals surface area contributed by atoms with Gasteiger partial charge in [0.05, 0.1) is 25.0 Å². The van der Waals surface area contributed by atoms with Crippen LogP contribution >= 0.6 is 0 Å². The van der Waals surface area contributed by atoms with Gasteiger partial charge in [-0.25, -0.2) is 0 Å². The van der Waals surface area contributed by atoms with Crippen LogP contribution in [-0.2, 0) is 19.1 Å². The normalized spacial score (nSPS) is 32.9. The second-order valence-electron chi connectivity index (χ2n) is 5.55. The summed E-state index contributed by atoms with van der Waals surface area (Å²) in [5.74, 6) is -0.0661. The summed E-state index contributed by atoms with van der Waals surface area (Å²) >= 11 is 0. The summed E-state index contributed by atoms with van der Waals surface area (Å²) in [6.07, 6.45) is 5.82. The van der Waals surface area contributed by atoms with Gasteiger partial charge in [0.15, 0.2) is 0 Å². The molecule has 0 aromatic rings. The lowest BCUT2D eigenvalue weighted by Gasteiger charge is -2.32. The molecule has 0 saturated heterocycles. The number of esters is 2. The van der Waals surface area contributed by atoms with Crippen molar-refractivity contribution in [2.75, 3.05) is 7.11 Å². The standard InChI is InChI=1S/C14H20O4/c1-9(2)18-13(16)14(8-12(15)17-3)7-10-4-5-11(14)6-10/h4-5,9-11H,6-8H2,1-3H3. The third kappa shape index (κ3) is 2.16. The van der Waals surface area contributed by atoms with Crippen LogP contribution in [-0.4, -0.2) is 25.2 Å². The second-order valence-corrected chi connectivity index (χ2v) is 5.55. The highest BCUT2D eigenvalue weighted by Gasteiger charge is 2.55. The van der Waals surface area contributed by atoms with Gasteiger partial charge in [-0.3, -0.25) is 9.59 Å². The predicted molar refractivity (Wildman–Crippen MR) is 65.6 cm³/mol. The molecule has 2 bridgehead atoms. The number of methoxy groups -OCH3 is 1. The average Bonchev–Trinajstić information content (AvgIpc) is 2.88. The molecule has 0 aromatic carbocycles. The van der Waals surface area contributed by atoms with E-state index in [9.17, 15) is 9.59 Å². The van der Waals surface area contributed by atoms with Gasteiger partial charge in [0.25, 0.3) is 0 Å². The van der Waals surface area contributed by atoms with Crippen molar-refractivity contribution in [1.82, 2.24) is 0 Å². The van der Waals surface area contributed by atoms with Crippen molar-refractivity contribution in [3.05, 3.63) is 12.2 Å². The smallest absolute Gasteiger partial charge is 0.313 e. The number of hydrogen-bond donors (Lipinski definition) is 0. The van der Waals surface area contributed by atoms with Crippen molar-refractivity contribution in [2.24, 2.45) is 17.3 Å². The predicted octanol–water partition coefficient (Wildman–Crippen LogP) is 2.08. The molecule has 1 fully saturated rings. The van der Waals surface area contributed by atoms with E-state index in [1.165, 1.54) is 7.11 Å². The van der Waals surface area contributed by atoms with Gasteiger partial charge in [-0.2, -0.15) is 0 Å². The molecule has 3 atom stereocenters. The molecule has 0 amide bonds. The first kappa shape index (κ1) is 13.1. The molecule has 18 heavy (non-hydrogen) atoms. The zero-order valence-electron chi connectivity index (χ0n) is 11.1. The van der Waals surface area contributed by atoms with Crippen LogP contribution in [0.1, 0.15) is 33.1 Å². The highest BCUT2D eigenvalue weighted by molar-refractivity contribution is 5.85. The average molecular weight is 252 g/mol. The van der Waals surface area contributed by atoms with Crippen molar-refractivity contribution >= 4 is 11.9 Å². The SMILES string of the molecule is COC(=O)CC1(C(=O)OC(C)C)CC2C=CC1C2. The van der Waals surface area contributed by atoms with Crippen molar-refractivity contribution in [1.29, 1.82) is 0 Å². The largest absolute Gasteiger partial charge is 0.469 e. The number of allylic oxidation sites excluding steroid dienone is 2.